The van der Waals surface area contributed by atoms with Crippen LogP contribution < -0.4 is 10.1 Å². The van der Waals surface area contributed by atoms with Crippen molar-refractivity contribution in [1.29, 1.82) is 0 Å². The van der Waals surface area contributed by atoms with Crippen molar-refractivity contribution in [3.05, 3.63) is 58.3 Å². The molecule has 0 aliphatic rings. The Morgan fingerprint density at radius 3 is 2.58 bits per heavy atom. The summed E-state index contributed by atoms with van der Waals surface area (Å²) in [6, 6.07) is 12.8. The van der Waals surface area contributed by atoms with Crippen molar-refractivity contribution in [3.8, 4) is 5.75 Å². The van der Waals surface area contributed by atoms with Crippen molar-refractivity contribution in [1.82, 2.24) is 0 Å². The number of ether oxygens (including phenoxy) is 1. The van der Waals surface area contributed by atoms with Crippen molar-refractivity contribution in [3.63, 3.8) is 0 Å². The van der Waals surface area contributed by atoms with E-state index in [1.54, 1.807) is 13.0 Å². The van der Waals surface area contributed by atoms with E-state index < -0.39 is 0 Å². The van der Waals surface area contributed by atoms with Gasteiger partial charge in [0, 0.05) is 16.7 Å². The Hall–Kier alpha value is -1.55. The predicted octanol–water partition coefficient (Wildman–Crippen LogP) is 4.39. The monoisotopic (exact) mass is 323 g/mol. The van der Waals surface area contributed by atoms with Crippen LogP contribution in [-0.4, -0.2) is 13.2 Å². The standard InChI is InChI=1S/C15H15BrFNO/c1-11-2-5-13(10-15(11)17)18-8-9-19-14-6-3-12(16)4-7-14/h2-7,10,18H,8-9H2,1H3. The van der Waals surface area contributed by atoms with Crippen LogP contribution in [0.15, 0.2) is 46.9 Å². The fourth-order valence-electron chi connectivity index (χ4n) is 1.60. The van der Waals surface area contributed by atoms with Crippen molar-refractivity contribution in [2.45, 2.75) is 6.92 Å². The van der Waals surface area contributed by atoms with Gasteiger partial charge in [-0.1, -0.05) is 22.0 Å². The van der Waals surface area contributed by atoms with E-state index in [9.17, 15) is 4.39 Å². The molecule has 0 aliphatic heterocycles. The number of aryl methyl sites for hydroxylation is 1. The Morgan fingerprint density at radius 2 is 1.89 bits per heavy atom. The van der Waals surface area contributed by atoms with E-state index in [1.807, 2.05) is 30.3 Å². The van der Waals surface area contributed by atoms with Gasteiger partial charge in [0.05, 0.1) is 0 Å². The summed E-state index contributed by atoms with van der Waals surface area (Å²) < 4.78 is 19.9. The summed E-state index contributed by atoms with van der Waals surface area (Å²) in [5.74, 6) is 0.624. The third kappa shape index (κ3) is 4.24. The molecule has 2 rings (SSSR count). The lowest BCUT2D eigenvalue weighted by Gasteiger charge is -2.09. The van der Waals surface area contributed by atoms with Crippen LogP contribution in [0.1, 0.15) is 5.56 Å². The second-order valence-electron chi connectivity index (χ2n) is 4.19. The molecule has 100 valence electrons. The summed E-state index contributed by atoms with van der Waals surface area (Å²) in [7, 11) is 0. The quantitative estimate of drug-likeness (QED) is 0.824. The lowest BCUT2D eigenvalue weighted by atomic mass is 10.2. The molecular weight excluding hydrogens is 309 g/mol. The highest BCUT2D eigenvalue weighted by molar-refractivity contribution is 9.10. The predicted molar refractivity (Wildman–Crippen MR) is 79.3 cm³/mol. The average Bonchev–Trinajstić information content (AvgIpc) is 2.41. The second-order valence-corrected chi connectivity index (χ2v) is 5.11. The van der Waals surface area contributed by atoms with Crippen LogP contribution in [0.5, 0.6) is 5.75 Å². The minimum atomic E-state index is -0.196. The Bertz CT molecular complexity index is 542. The summed E-state index contributed by atoms with van der Waals surface area (Å²) in [4.78, 5) is 0. The molecule has 2 aromatic carbocycles. The molecule has 2 aromatic rings. The molecule has 4 heteroatoms. The minimum absolute atomic E-state index is 0.196. The molecule has 0 radical (unpaired) electrons. The molecule has 0 bridgehead atoms. The molecule has 0 amide bonds. The van der Waals surface area contributed by atoms with Crippen LogP contribution >= 0.6 is 15.9 Å². The van der Waals surface area contributed by atoms with Crippen LogP contribution in [-0.2, 0) is 0 Å². The molecular formula is C15H15BrFNO. The molecule has 0 saturated carbocycles. The zero-order valence-electron chi connectivity index (χ0n) is 10.6. The highest BCUT2D eigenvalue weighted by Crippen LogP contribution is 2.16. The molecule has 0 spiro atoms. The zero-order chi connectivity index (χ0) is 13.7. The SMILES string of the molecule is Cc1ccc(NCCOc2ccc(Br)cc2)cc1F. The van der Waals surface area contributed by atoms with E-state index in [0.717, 1.165) is 15.9 Å². The fourth-order valence-corrected chi connectivity index (χ4v) is 1.86. The van der Waals surface area contributed by atoms with E-state index in [1.165, 1.54) is 6.07 Å². The smallest absolute Gasteiger partial charge is 0.128 e. The maximum absolute atomic E-state index is 13.3. The first kappa shape index (κ1) is 13.9. The van der Waals surface area contributed by atoms with Crippen LogP contribution in [0.4, 0.5) is 10.1 Å². The third-order valence-corrected chi connectivity index (χ3v) is 3.21. The summed E-state index contributed by atoms with van der Waals surface area (Å²) in [6.45, 7) is 2.89. The van der Waals surface area contributed by atoms with Gasteiger partial charge in [-0.15, -0.1) is 0 Å². The van der Waals surface area contributed by atoms with Gasteiger partial charge in [0.1, 0.15) is 18.2 Å². The minimum Gasteiger partial charge on any atom is -0.492 e. The molecule has 0 fully saturated rings. The molecule has 19 heavy (non-hydrogen) atoms. The lowest BCUT2D eigenvalue weighted by Crippen LogP contribution is -2.11. The maximum Gasteiger partial charge on any atom is 0.128 e. The van der Waals surface area contributed by atoms with E-state index in [2.05, 4.69) is 21.2 Å². The Kier molecular flexibility index (Phi) is 4.80. The summed E-state index contributed by atoms with van der Waals surface area (Å²) in [5, 5.41) is 3.12. The van der Waals surface area contributed by atoms with Crippen LogP contribution in [0.3, 0.4) is 0 Å². The molecule has 0 unspecified atom stereocenters. The molecule has 0 aliphatic carbocycles. The van der Waals surface area contributed by atoms with Crippen LogP contribution in [0, 0.1) is 12.7 Å². The number of anilines is 1. The van der Waals surface area contributed by atoms with Crippen molar-refractivity contribution >= 4 is 21.6 Å². The number of hydrogen-bond donors (Lipinski definition) is 1. The Morgan fingerprint density at radius 1 is 1.16 bits per heavy atom. The summed E-state index contributed by atoms with van der Waals surface area (Å²) >= 11 is 3.37. The first-order valence-corrected chi connectivity index (χ1v) is 6.83. The van der Waals surface area contributed by atoms with Crippen LogP contribution in [0.2, 0.25) is 0 Å². The van der Waals surface area contributed by atoms with Crippen molar-refractivity contribution in [2.75, 3.05) is 18.5 Å². The number of nitrogens with one attached hydrogen (secondary N) is 1. The van der Waals surface area contributed by atoms with Gasteiger partial charge in [-0.3, -0.25) is 0 Å². The van der Waals surface area contributed by atoms with E-state index in [-0.39, 0.29) is 5.82 Å². The summed E-state index contributed by atoms with van der Waals surface area (Å²) in [5.41, 5.74) is 1.42. The number of benzene rings is 2. The average molecular weight is 324 g/mol. The largest absolute Gasteiger partial charge is 0.492 e. The van der Waals surface area contributed by atoms with E-state index >= 15 is 0 Å². The number of halogens is 2. The van der Waals surface area contributed by atoms with Crippen molar-refractivity contribution < 1.29 is 9.13 Å². The normalized spacial score (nSPS) is 10.3. The van der Waals surface area contributed by atoms with Crippen LogP contribution in [0.25, 0.3) is 0 Å². The Labute approximate surface area is 120 Å². The van der Waals surface area contributed by atoms with Gasteiger partial charge in [-0.2, -0.15) is 0 Å². The first-order chi connectivity index (χ1) is 9.15. The third-order valence-electron chi connectivity index (χ3n) is 2.69. The van der Waals surface area contributed by atoms with E-state index in [0.29, 0.717) is 18.7 Å². The number of hydrogen-bond acceptors (Lipinski definition) is 2. The van der Waals surface area contributed by atoms with Gasteiger partial charge in [-0.25, -0.2) is 4.39 Å². The molecule has 0 atom stereocenters. The van der Waals surface area contributed by atoms with Gasteiger partial charge >= 0.3 is 0 Å². The molecule has 2 nitrogen and oxygen atoms in total. The highest BCUT2D eigenvalue weighted by Gasteiger charge is 1.99. The molecule has 0 aromatic heterocycles. The second kappa shape index (κ2) is 6.57. The Balaban J connectivity index is 1.77. The fraction of sp³-hybridized carbons (Fsp3) is 0.200. The topological polar surface area (TPSA) is 21.3 Å². The summed E-state index contributed by atoms with van der Waals surface area (Å²) in [6.07, 6.45) is 0. The van der Waals surface area contributed by atoms with Crippen molar-refractivity contribution in [2.24, 2.45) is 0 Å². The maximum atomic E-state index is 13.3. The molecule has 0 saturated heterocycles. The van der Waals surface area contributed by atoms with E-state index in [4.69, 9.17) is 4.74 Å². The highest BCUT2D eigenvalue weighted by atomic mass is 79.9. The molecule has 1 N–H and O–H groups in total. The van der Waals surface area contributed by atoms with Gasteiger partial charge in [0.25, 0.3) is 0 Å². The van der Waals surface area contributed by atoms with Gasteiger partial charge in [0.15, 0.2) is 0 Å². The van der Waals surface area contributed by atoms with Gasteiger partial charge in [0.2, 0.25) is 0 Å². The van der Waals surface area contributed by atoms with Gasteiger partial charge < -0.3 is 10.1 Å². The molecule has 0 heterocycles. The number of rotatable bonds is 5. The zero-order valence-corrected chi connectivity index (χ0v) is 12.2. The van der Waals surface area contributed by atoms with Gasteiger partial charge in [-0.05, 0) is 48.9 Å². The lowest BCUT2D eigenvalue weighted by molar-refractivity contribution is 0.333. The first-order valence-electron chi connectivity index (χ1n) is 6.03.